The van der Waals surface area contributed by atoms with Crippen molar-refractivity contribution in [1.82, 2.24) is 0 Å². The molecule has 0 amide bonds. The minimum Gasteiger partial charge on any atom is -0.495 e. The predicted octanol–water partition coefficient (Wildman–Crippen LogP) is 0.728. The van der Waals surface area contributed by atoms with Crippen molar-refractivity contribution in [3.63, 3.8) is 0 Å². The van der Waals surface area contributed by atoms with E-state index < -0.39 is 21.0 Å². The number of carbonyl (C=O) groups is 1. The maximum absolute atomic E-state index is 11.3. The van der Waals surface area contributed by atoms with Crippen LogP contribution in [0.2, 0.25) is 0 Å². The van der Waals surface area contributed by atoms with E-state index in [0.717, 1.165) is 7.11 Å². The molecule has 0 saturated carbocycles. The summed E-state index contributed by atoms with van der Waals surface area (Å²) in [6.45, 7) is 0. The van der Waals surface area contributed by atoms with E-state index in [1.807, 2.05) is 0 Å². The summed E-state index contributed by atoms with van der Waals surface area (Å²) >= 11 is 0. The minimum absolute atomic E-state index is 0.120. The highest BCUT2D eigenvalue weighted by Gasteiger charge is 2.25. The summed E-state index contributed by atoms with van der Waals surface area (Å²) in [5, 5.41) is 0. The largest absolute Gasteiger partial charge is 0.495 e. The molecule has 0 heterocycles. The molecule has 0 aliphatic heterocycles. The Morgan fingerprint density at radius 1 is 1.31 bits per heavy atom. The molecule has 88 valence electrons. The van der Waals surface area contributed by atoms with Crippen LogP contribution in [0.25, 0.3) is 0 Å². The first-order valence-corrected chi connectivity index (χ1v) is 5.58. The molecule has 1 aromatic rings. The molecule has 0 spiro atoms. The number of hydrogen-bond acceptors (Lipinski definition) is 5. The minimum atomic E-state index is -4.56. The lowest BCUT2D eigenvalue weighted by molar-refractivity contribution is 0.0595. The van der Waals surface area contributed by atoms with E-state index >= 15 is 0 Å². The number of rotatable bonds is 3. The fourth-order valence-corrected chi connectivity index (χ4v) is 2.05. The molecule has 0 radical (unpaired) electrons. The topological polar surface area (TPSA) is 89.9 Å². The molecule has 1 rings (SSSR count). The van der Waals surface area contributed by atoms with Crippen LogP contribution in [0.15, 0.2) is 23.1 Å². The second-order valence-corrected chi connectivity index (χ2v) is 4.16. The van der Waals surface area contributed by atoms with Crippen LogP contribution in [0.4, 0.5) is 0 Å². The average Bonchev–Trinajstić information content (AvgIpc) is 2.25. The first kappa shape index (κ1) is 12.5. The highest BCUT2D eigenvalue weighted by atomic mass is 32.2. The van der Waals surface area contributed by atoms with Crippen LogP contribution >= 0.6 is 0 Å². The van der Waals surface area contributed by atoms with Crippen molar-refractivity contribution in [3.8, 4) is 5.75 Å². The third kappa shape index (κ3) is 2.31. The van der Waals surface area contributed by atoms with Crippen molar-refractivity contribution >= 4 is 16.1 Å². The van der Waals surface area contributed by atoms with Crippen molar-refractivity contribution in [2.24, 2.45) is 0 Å². The molecule has 0 fully saturated rings. The third-order valence-corrected chi connectivity index (χ3v) is 2.80. The third-order valence-electron chi connectivity index (χ3n) is 1.86. The summed E-state index contributed by atoms with van der Waals surface area (Å²) < 4.78 is 40.4. The van der Waals surface area contributed by atoms with Gasteiger partial charge in [-0.05, 0) is 12.1 Å². The molecule has 16 heavy (non-hydrogen) atoms. The summed E-state index contributed by atoms with van der Waals surface area (Å²) in [6, 6.07) is 3.95. The van der Waals surface area contributed by atoms with Gasteiger partial charge in [-0.2, -0.15) is 8.42 Å². The smallest absolute Gasteiger partial charge is 0.339 e. The van der Waals surface area contributed by atoms with Gasteiger partial charge in [-0.3, -0.25) is 4.55 Å². The van der Waals surface area contributed by atoms with Crippen molar-refractivity contribution in [1.29, 1.82) is 0 Å². The van der Waals surface area contributed by atoms with Crippen LogP contribution in [0.1, 0.15) is 10.4 Å². The Morgan fingerprint density at radius 3 is 2.38 bits per heavy atom. The Bertz CT molecular complexity index is 505. The van der Waals surface area contributed by atoms with E-state index in [4.69, 9.17) is 9.29 Å². The molecule has 0 aliphatic rings. The molecule has 0 bridgehead atoms. The maximum Gasteiger partial charge on any atom is 0.339 e. The van der Waals surface area contributed by atoms with Gasteiger partial charge in [-0.25, -0.2) is 4.79 Å². The van der Waals surface area contributed by atoms with E-state index in [2.05, 4.69) is 4.74 Å². The van der Waals surface area contributed by atoms with E-state index in [1.165, 1.54) is 25.3 Å². The monoisotopic (exact) mass is 246 g/mol. The van der Waals surface area contributed by atoms with Crippen LogP contribution in [0.5, 0.6) is 5.75 Å². The summed E-state index contributed by atoms with van der Waals surface area (Å²) in [4.78, 5) is 10.7. The number of esters is 1. The van der Waals surface area contributed by atoms with E-state index in [-0.39, 0.29) is 11.3 Å². The van der Waals surface area contributed by atoms with Crippen molar-refractivity contribution in [3.05, 3.63) is 23.8 Å². The first-order chi connectivity index (χ1) is 7.41. The van der Waals surface area contributed by atoms with E-state index in [0.29, 0.717) is 0 Å². The van der Waals surface area contributed by atoms with Gasteiger partial charge in [0.1, 0.15) is 5.75 Å². The Hall–Kier alpha value is -1.60. The van der Waals surface area contributed by atoms with Gasteiger partial charge in [0, 0.05) is 0 Å². The van der Waals surface area contributed by atoms with Gasteiger partial charge in [0.05, 0.1) is 19.8 Å². The Labute approximate surface area is 92.5 Å². The summed E-state index contributed by atoms with van der Waals surface area (Å²) in [5.74, 6) is -0.989. The molecule has 0 aliphatic carbocycles. The lowest BCUT2D eigenvalue weighted by Gasteiger charge is -2.09. The SMILES string of the molecule is COC(=O)c1cccc(OC)c1S(=O)(=O)O. The summed E-state index contributed by atoms with van der Waals surface area (Å²) in [7, 11) is -2.22. The molecule has 0 aromatic heterocycles. The van der Waals surface area contributed by atoms with Crippen LogP contribution in [-0.4, -0.2) is 33.2 Å². The number of methoxy groups -OCH3 is 2. The summed E-state index contributed by atoms with van der Waals surface area (Å²) in [6.07, 6.45) is 0. The average molecular weight is 246 g/mol. The second-order valence-electron chi connectivity index (χ2n) is 2.80. The maximum atomic E-state index is 11.3. The lowest BCUT2D eigenvalue weighted by Crippen LogP contribution is -2.11. The normalized spacial score (nSPS) is 10.9. The van der Waals surface area contributed by atoms with Crippen LogP contribution in [-0.2, 0) is 14.9 Å². The lowest BCUT2D eigenvalue weighted by atomic mass is 10.2. The van der Waals surface area contributed by atoms with Gasteiger partial charge in [0.2, 0.25) is 0 Å². The van der Waals surface area contributed by atoms with Crippen LogP contribution in [0.3, 0.4) is 0 Å². The number of carbonyl (C=O) groups excluding carboxylic acids is 1. The molecule has 6 nitrogen and oxygen atoms in total. The fourth-order valence-electron chi connectivity index (χ4n) is 1.21. The number of hydrogen-bond donors (Lipinski definition) is 1. The Kier molecular flexibility index (Phi) is 3.51. The van der Waals surface area contributed by atoms with E-state index in [9.17, 15) is 13.2 Å². The zero-order valence-electron chi connectivity index (χ0n) is 8.63. The highest BCUT2D eigenvalue weighted by Crippen LogP contribution is 2.27. The molecule has 0 atom stereocenters. The van der Waals surface area contributed by atoms with Crippen LogP contribution in [0, 0.1) is 0 Å². The van der Waals surface area contributed by atoms with Crippen molar-refractivity contribution in [2.45, 2.75) is 4.90 Å². The summed E-state index contributed by atoms with van der Waals surface area (Å²) in [5.41, 5.74) is -0.274. The molecular formula is C9H10O6S. The Balaban J connectivity index is 3.57. The second kappa shape index (κ2) is 4.50. The van der Waals surface area contributed by atoms with Gasteiger partial charge in [0.15, 0.2) is 4.90 Å². The first-order valence-electron chi connectivity index (χ1n) is 4.14. The van der Waals surface area contributed by atoms with Gasteiger partial charge < -0.3 is 9.47 Å². The van der Waals surface area contributed by atoms with Crippen LogP contribution < -0.4 is 4.74 Å². The highest BCUT2D eigenvalue weighted by molar-refractivity contribution is 7.86. The van der Waals surface area contributed by atoms with Crippen molar-refractivity contribution < 1.29 is 27.2 Å². The molecule has 0 unspecified atom stereocenters. The van der Waals surface area contributed by atoms with Gasteiger partial charge in [-0.1, -0.05) is 6.07 Å². The fraction of sp³-hybridized carbons (Fsp3) is 0.222. The Morgan fingerprint density at radius 2 is 1.94 bits per heavy atom. The number of benzene rings is 1. The molecule has 7 heteroatoms. The van der Waals surface area contributed by atoms with E-state index in [1.54, 1.807) is 0 Å². The quantitative estimate of drug-likeness (QED) is 0.624. The zero-order chi connectivity index (χ0) is 12.3. The molecule has 0 saturated heterocycles. The molecule has 1 aromatic carbocycles. The van der Waals surface area contributed by atoms with Crippen molar-refractivity contribution in [2.75, 3.05) is 14.2 Å². The van der Waals surface area contributed by atoms with Gasteiger partial charge >= 0.3 is 5.97 Å². The van der Waals surface area contributed by atoms with Gasteiger partial charge in [-0.15, -0.1) is 0 Å². The zero-order valence-corrected chi connectivity index (χ0v) is 9.45. The van der Waals surface area contributed by atoms with Gasteiger partial charge in [0.25, 0.3) is 10.1 Å². The number of ether oxygens (including phenoxy) is 2. The predicted molar refractivity (Wildman–Crippen MR) is 54.1 cm³/mol. The molecular weight excluding hydrogens is 236 g/mol. The standard InChI is InChI=1S/C9H10O6S/c1-14-7-5-3-4-6(9(10)15-2)8(7)16(11,12)13/h3-5H,1-2H3,(H,11,12,13). The molecule has 1 N–H and O–H groups in total.